The monoisotopic (exact) mass is 301 g/mol. The lowest BCUT2D eigenvalue weighted by Crippen LogP contribution is -2.48. The Labute approximate surface area is 131 Å². The molecular weight excluding hydrogens is 278 g/mol. The molecule has 2 heterocycles. The van der Waals surface area contributed by atoms with Crippen molar-refractivity contribution in [2.45, 2.75) is 38.3 Å². The van der Waals surface area contributed by atoms with Gasteiger partial charge in [0.1, 0.15) is 0 Å². The van der Waals surface area contributed by atoms with E-state index in [1.807, 2.05) is 19.1 Å². The molecule has 1 atom stereocenters. The average molecular weight is 301 g/mol. The number of hydrogen-bond donors (Lipinski definition) is 2. The van der Waals surface area contributed by atoms with Crippen molar-refractivity contribution >= 4 is 6.03 Å². The summed E-state index contributed by atoms with van der Waals surface area (Å²) in [7, 11) is 0. The summed E-state index contributed by atoms with van der Waals surface area (Å²) in [5.74, 6) is 0. The van der Waals surface area contributed by atoms with Gasteiger partial charge in [-0.05, 0) is 37.0 Å². The first kappa shape index (κ1) is 16.2. The van der Waals surface area contributed by atoms with Crippen LogP contribution in [0.15, 0.2) is 24.5 Å². The Morgan fingerprint density at radius 1 is 1.45 bits per heavy atom. The minimum absolute atomic E-state index is 0.00155. The van der Waals surface area contributed by atoms with Gasteiger partial charge in [0, 0.05) is 31.5 Å². The number of carbonyl (C=O) groups excluding carboxylic acids is 1. The topological polar surface area (TPSA) is 81.0 Å². The van der Waals surface area contributed by atoms with E-state index in [9.17, 15) is 4.79 Å². The van der Waals surface area contributed by atoms with Crippen LogP contribution in [0.4, 0.5) is 4.79 Å². The van der Waals surface area contributed by atoms with Gasteiger partial charge >= 0.3 is 6.03 Å². The van der Waals surface area contributed by atoms with Gasteiger partial charge < -0.3 is 10.6 Å². The molecule has 2 rings (SSSR count). The lowest BCUT2D eigenvalue weighted by atomic mass is 10.0. The summed E-state index contributed by atoms with van der Waals surface area (Å²) in [5, 5.41) is 14.8. The Balaban J connectivity index is 1.79. The first-order chi connectivity index (χ1) is 10.7. The maximum Gasteiger partial charge on any atom is 0.315 e. The average Bonchev–Trinajstić information content (AvgIpc) is 2.55. The third kappa shape index (κ3) is 4.71. The van der Waals surface area contributed by atoms with Gasteiger partial charge in [-0.1, -0.05) is 6.92 Å². The maximum absolute atomic E-state index is 12.2. The van der Waals surface area contributed by atoms with Crippen LogP contribution >= 0.6 is 0 Å². The van der Waals surface area contributed by atoms with Crippen LogP contribution in [0.3, 0.4) is 0 Å². The molecule has 1 aliphatic rings. The molecule has 0 aromatic carbocycles. The Hall–Kier alpha value is -2.13. The minimum atomic E-state index is -0.123. The van der Waals surface area contributed by atoms with Crippen LogP contribution in [-0.2, 0) is 0 Å². The number of nitriles is 1. The molecule has 1 saturated heterocycles. The Morgan fingerprint density at radius 3 is 2.73 bits per heavy atom. The van der Waals surface area contributed by atoms with Gasteiger partial charge in [-0.3, -0.25) is 9.88 Å². The highest BCUT2D eigenvalue weighted by Crippen LogP contribution is 2.15. The highest BCUT2D eigenvalue weighted by Gasteiger charge is 2.21. The first-order valence-corrected chi connectivity index (χ1v) is 7.79. The summed E-state index contributed by atoms with van der Waals surface area (Å²) in [6.45, 7) is 4.24. The zero-order valence-electron chi connectivity index (χ0n) is 13.0. The highest BCUT2D eigenvalue weighted by atomic mass is 16.2. The van der Waals surface area contributed by atoms with Gasteiger partial charge in [0.2, 0.25) is 0 Å². The molecular formula is C16H23N5O. The van der Waals surface area contributed by atoms with Gasteiger partial charge in [-0.2, -0.15) is 5.26 Å². The molecule has 2 N–H and O–H groups in total. The van der Waals surface area contributed by atoms with Crippen LogP contribution in [0.25, 0.3) is 0 Å². The van der Waals surface area contributed by atoms with E-state index in [1.165, 1.54) is 0 Å². The zero-order chi connectivity index (χ0) is 15.8. The van der Waals surface area contributed by atoms with E-state index in [2.05, 4.69) is 26.6 Å². The zero-order valence-corrected chi connectivity index (χ0v) is 13.0. The normalized spacial score (nSPS) is 17.5. The van der Waals surface area contributed by atoms with E-state index in [1.54, 1.807) is 12.4 Å². The van der Waals surface area contributed by atoms with Crippen molar-refractivity contribution < 1.29 is 4.79 Å². The number of urea groups is 1. The number of likely N-dealkylation sites (tertiary alicyclic amines) is 1. The molecule has 6 heteroatoms. The molecule has 6 nitrogen and oxygen atoms in total. The standard InChI is InChI=1S/C16H23N5O/c1-2-15(13-3-8-18-9-4-13)20-16(22)19-14-5-10-21(11-6-14)12-7-17/h3-4,8-9,14-15H,2,5-6,10-12H2,1H3,(H2,19,20,22)/t15-/m1/s1. The predicted octanol–water partition coefficient (Wildman–Crippen LogP) is 1.82. The van der Waals surface area contributed by atoms with Crippen molar-refractivity contribution in [3.05, 3.63) is 30.1 Å². The van der Waals surface area contributed by atoms with Crippen molar-refractivity contribution in [1.82, 2.24) is 20.5 Å². The first-order valence-electron chi connectivity index (χ1n) is 7.79. The van der Waals surface area contributed by atoms with E-state index < -0.39 is 0 Å². The molecule has 2 amide bonds. The number of piperidine rings is 1. The SMILES string of the molecule is CC[C@@H](NC(=O)NC1CCN(CC#N)CC1)c1ccncc1. The molecule has 0 saturated carbocycles. The van der Waals surface area contributed by atoms with Gasteiger partial charge in [0.15, 0.2) is 0 Å². The predicted molar refractivity (Wildman–Crippen MR) is 84.0 cm³/mol. The fraction of sp³-hybridized carbons (Fsp3) is 0.562. The molecule has 0 radical (unpaired) electrons. The van der Waals surface area contributed by atoms with Gasteiger partial charge in [-0.25, -0.2) is 4.79 Å². The van der Waals surface area contributed by atoms with E-state index >= 15 is 0 Å². The Kier molecular flexibility index (Phi) is 6.16. The molecule has 118 valence electrons. The molecule has 1 aromatic rings. The largest absolute Gasteiger partial charge is 0.335 e. The molecule has 1 fully saturated rings. The van der Waals surface area contributed by atoms with Gasteiger partial charge in [0.05, 0.1) is 18.7 Å². The molecule has 0 aliphatic carbocycles. The summed E-state index contributed by atoms with van der Waals surface area (Å²) in [6, 6.07) is 6.08. The summed E-state index contributed by atoms with van der Waals surface area (Å²) in [5.41, 5.74) is 1.07. The van der Waals surface area contributed by atoms with Crippen molar-refractivity contribution in [2.75, 3.05) is 19.6 Å². The number of aromatic nitrogens is 1. The summed E-state index contributed by atoms with van der Waals surface area (Å²) in [6.07, 6.45) is 6.09. The number of pyridine rings is 1. The second-order valence-electron chi connectivity index (χ2n) is 5.57. The lowest BCUT2D eigenvalue weighted by molar-refractivity contribution is 0.203. The smallest absolute Gasteiger partial charge is 0.315 e. The van der Waals surface area contributed by atoms with Crippen LogP contribution in [0.1, 0.15) is 37.8 Å². The van der Waals surface area contributed by atoms with Crippen molar-refractivity contribution in [3.63, 3.8) is 0 Å². The second kappa shape index (κ2) is 8.35. The molecule has 0 unspecified atom stereocenters. The fourth-order valence-corrected chi connectivity index (χ4v) is 2.74. The molecule has 22 heavy (non-hydrogen) atoms. The lowest BCUT2D eigenvalue weighted by Gasteiger charge is -2.31. The van der Waals surface area contributed by atoms with Crippen LogP contribution in [-0.4, -0.2) is 41.6 Å². The summed E-state index contributed by atoms with van der Waals surface area (Å²) in [4.78, 5) is 18.3. The van der Waals surface area contributed by atoms with Crippen LogP contribution in [0.5, 0.6) is 0 Å². The van der Waals surface area contributed by atoms with Crippen molar-refractivity contribution in [3.8, 4) is 6.07 Å². The van der Waals surface area contributed by atoms with E-state index in [0.29, 0.717) is 6.54 Å². The van der Waals surface area contributed by atoms with Crippen molar-refractivity contribution in [2.24, 2.45) is 0 Å². The molecule has 1 aliphatic heterocycles. The molecule has 1 aromatic heterocycles. The van der Waals surface area contributed by atoms with Gasteiger partial charge in [-0.15, -0.1) is 0 Å². The number of carbonyl (C=O) groups is 1. The maximum atomic E-state index is 12.2. The number of hydrogen-bond acceptors (Lipinski definition) is 4. The van der Waals surface area contributed by atoms with Crippen LogP contribution in [0, 0.1) is 11.3 Å². The number of nitrogens with zero attached hydrogens (tertiary/aromatic N) is 3. The summed E-state index contributed by atoms with van der Waals surface area (Å²) >= 11 is 0. The quantitative estimate of drug-likeness (QED) is 0.813. The van der Waals surface area contributed by atoms with Crippen LogP contribution in [0.2, 0.25) is 0 Å². The number of rotatable bonds is 5. The van der Waals surface area contributed by atoms with E-state index in [4.69, 9.17) is 5.26 Å². The molecule has 0 spiro atoms. The molecule has 0 bridgehead atoms. The Bertz CT molecular complexity index is 505. The number of amides is 2. The minimum Gasteiger partial charge on any atom is -0.335 e. The van der Waals surface area contributed by atoms with Gasteiger partial charge in [0.25, 0.3) is 0 Å². The highest BCUT2D eigenvalue weighted by molar-refractivity contribution is 5.74. The van der Waals surface area contributed by atoms with E-state index in [-0.39, 0.29) is 18.1 Å². The van der Waals surface area contributed by atoms with Crippen LogP contribution < -0.4 is 10.6 Å². The third-order valence-electron chi connectivity index (χ3n) is 4.04. The van der Waals surface area contributed by atoms with Crippen molar-refractivity contribution in [1.29, 1.82) is 5.26 Å². The number of nitrogens with one attached hydrogen (secondary N) is 2. The second-order valence-corrected chi connectivity index (χ2v) is 5.57. The fourth-order valence-electron chi connectivity index (χ4n) is 2.74. The summed E-state index contributed by atoms with van der Waals surface area (Å²) < 4.78 is 0. The Morgan fingerprint density at radius 2 is 2.14 bits per heavy atom. The third-order valence-corrected chi connectivity index (χ3v) is 4.04. The van der Waals surface area contributed by atoms with E-state index in [0.717, 1.165) is 37.9 Å².